The van der Waals surface area contributed by atoms with E-state index in [1.54, 1.807) is 14.2 Å². The molecule has 0 aliphatic heterocycles. The first-order valence-electron chi connectivity index (χ1n) is 6.67. The summed E-state index contributed by atoms with van der Waals surface area (Å²) in [6, 6.07) is 5.67. The molecular formula is C14H24N2O4S. The van der Waals surface area contributed by atoms with Gasteiger partial charge in [-0.1, -0.05) is 6.07 Å². The summed E-state index contributed by atoms with van der Waals surface area (Å²) in [5, 5.41) is 3.20. The Labute approximate surface area is 127 Å². The zero-order chi connectivity index (χ0) is 16.0. The van der Waals surface area contributed by atoms with Gasteiger partial charge in [0.15, 0.2) is 11.5 Å². The van der Waals surface area contributed by atoms with Crippen molar-refractivity contribution in [3.63, 3.8) is 0 Å². The predicted octanol–water partition coefficient (Wildman–Crippen LogP) is 1.25. The Morgan fingerprint density at radius 3 is 2.33 bits per heavy atom. The molecule has 0 spiro atoms. The molecule has 1 aromatic rings. The molecule has 7 heteroatoms. The number of benzene rings is 1. The number of hydrogen-bond acceptors (Lipinski definition) is 5. The van der Waals surface area contributed by atoms with Crippen molar-refractivity contribution >= 4 is 10.0 Å². The van der Waals surface area contributed by atoms with Crippen LogP contribution in [0.5, 0.6) is 11.5 Å². The topological polar surface area (TPSA) is 67.9 Å². The van der Waals surface area contributed by atoms with Gasteiger partial charge in [0.05, 0.1) is 20.0 Å². The highest BCUT2D eigenvalue weighted by molar-refractivity contribution is 7.89. The van der Waals surface area contributed by atoms with Gasteiger partial charge in [0.1, 0.15) is 0 Å². The van der Waals surface area contributed by atoms with Crippen LogP contribution in [0.25, 0.3) is 0 Å². The zero-order valence-corrected chi connectivity index (χ0v) is 14.0. The number of sulfonamides is 1. The Bertz CT molecular complexity index is 558. The fraction of sp³-hybridized carbons (Fsp3) is 0.571. The molecule has 6 nitrogen and oxygen atoms in total. The molecule has 0 amide bonds. The zero-order valence-electron chi connectivity index (χ0n) is 13.2. The largest absolute Gasteiger partial charge is 0.493 e. The molecule has 0 heterocycles. The number of nitrogens with zero attached hydrogens (tertiary/aromatic N) is 1. The van der Waals surface area contributed by atoms with Crippen LogP contribution < -0.4 is 14.8 Å². The average molecular weight is 316 g/mol. The van der Waals surface area contributed by atoms with Crippen LogP contribution in [0.15, 0.2) is 18.2 Å². The van der Waals surface area contributed by atoms with Gasteiger partial charge in [-0.25, -0.2) is 12.7 Å². The number of rotatable bonds is 8. The maximum absolute atomic E-state index is 11.7. The van der Waals surface area contributed by atoms with Gasteiger partial charge < -0.3 is 14.8 Å². The van der Waals surface area contributed by atoms with Crippen molar-refractivity contribution < 1.29 is 17.9 Å². The van der Waals surface area contributed by atoms with Gasteiger partial charge in [-0.15, -0.1) is 0 Å². The Morgan fingerprint density at radius 2 is 1.81 bits per heavy atom. The number of nitrogens with one attached hydrogen (secondary N) is 1. The highest BCUT2D eigenvalue weighted by Crippen LogP contribution is 2.29. The second-order valence-corrected chi connectivity index (χ2v) is 7.19. The lowest BCUT2D eigenvalue weighted by atomic mass is 10.1. The van der Waals surface area contributed by atoms with Gasteiger partial charge >= 0.3 is 0 Å². The number of methoxy groups -OCH3 is 2. The number of ether oxygens (including phenoxy) is 2. The van der Waals surface area contributed by atoms with E-state index >= 15 is 0 Å². The molecule has 0 fully saturated rings. The molecule has 0 aliphatic carbocycles. The highest BCUT2D eigenvalue weighted by atomic mass is 32.2. The van der Waals surface area contributed by atoms with E-state index in [-0.39, 0.29) is 11.8 Å². The fourth-order valence-electron chi connectivity index (χ4n) is 1.83. The van der Waals surface area contributed by atoms with Crippen molar-refractivity contribution in [3.05, 3.63) is 23.8 Å². The highest BCUT2D eigenvalue weighted by Gasteiger charge is 2.14. The van der Waals surface area contributed by atoms with Gasteiger partial charge in [-0.2, -0.15) is 0 Å². The van der Waals surface area contributed by atoms with Gasteiger partial charge in [-0.3, -0.25) is 0 Å². The van der Waals surface area contributed by atoms with E-state index in [4.69, 9.17) is 9.47 Å². The SMILES string of the molecule is COc1ccc(C(C)NCCS(=O)(=O)N(C)C)cc1OC. The van der Waals surface area contributed by atoms with Crippen LogP contribution in [0.3, 0.4) is 0 Å². The van der Waals surface area contributed by atoms with Crippen molar-refractivity contribution in [3.8, 4) is 11.5 Å². The molecule has 21 heavy (non-hydrogen) atoms. The Balaban J connectivity index is 2.66. The summed E-state index contributed by atoms with van der Waals surface area (Å²) in [4.78, 5) is 0. The first kappa shape index (κ1) is 17.7. The van der Waals surface area contributed by atoms with Gasteiger partial charge in [0.25, 0.3) is 0 Å². The first-order chi connectivity index (χ1) is 9.81. The van der Waals surface area contributed by atoms with E-state index in [9.17, 15) is 8.42 Å². The molecule has 1 rings (SSSR count). The maximum Gasteiger partial charge on any atom is 0.214 e. The third kappa shape index (κ3) is 4.87. The first-order valence-corrected chi connectivity index (χ1v) is 8.28. The van der Waals surface area contributed by atoms with Crippen LogP contribution in [0.4, 0.5) is 0 Å². The monoisotopic (exact) mass is 316 g/mol. The Morgan fingerprint density at radius 1 is 1.19 bits per heavy atom. The molecule has 0 radical (unpaired) electrons. The molecule has 0 aromatic heterocycles. The van der Waals surface area contributed by atoms with Crippen LogP contribution in [0, 0.1) is 0 Å². The molecule has 120 valence electrons. The molecule has 1 unspecified atom stereocenters. The summed E-state index contributed by atoms with van der Waals surface area (Å²) in [6.07, 6.45) is 0. The third-order valence-electron chi connectivity index (χ3n) is 3.27. The van der Waals surface area contributed by atoms with Crippen molar-refractivity contribution in [2.75, 3.05) is 40.6 Å². The van der Waals surface area contributed by atoms with Crippen LogP contribution in [-0.2, 0) is 10.0 Å². The normalized spacial score (nSPS) is 13.2. The van der Waals surface area contributed by atoms with Crippen molar-refractivity contribution in [2.45, 2.75) is 13.0 Å². The van der Waals surface area contributed by atoms with Gasteiger partial charge in [0.2, 0.25) is 10.0 Å². The molecule has 0 saturated heterocycles. The minimum absolute atomic E-state index is 0.0159. The van der Waals surface area contributed by atoms with Crippen molar-refractivity contribution in [1.29, 1.82) is 0 Å². The second-order valence-electron chi connectivity index (χ2n) is 4.89. The van der Waals surface area contributed by atoms with Crippen LogP contribution >= 0.6 is 0 Å². The lowest BCUT2D eigenvalue weighted by Crippen LogP contribution is -2.32. The van der Waals surface area contributed by atoms with Crippen LogP contribution in [0.2, 0.25) is 0 Å². The fourth-order valence-corrected chi connectivity index (χ4v) is 2.57. The Kier molecular flexibility index (Phi) is 6.44. The van der Waals surface area contributed by atoms with Crippen molar-refractivity contribution in [2.24, 2.45) is 0 Å². The van der Waals surface area contributed by atoms with E-state index in [0.29, 0.717) is 18.0 Å². The molecule has 1 N–H and O–H groups in total. The lowest BCUT2D eigenvalue weighted by Gasteiger charge is -2.17. The van der Waals surface area contributed by atoms with E-state index in [2.05, 4.69) is 5.32 Å². The van der Waals surface area contributed by atoms with E-state index < -0.39 is 10.0 Å². The minimum atomic E-state index is -3.17. The smallest absolute Gasteiger partial charge is 0.214 e. The van der Waals surface area contributed by atoms with E-state index in [1.807, 2.05) is 25.1 Å². The van der Waals surface area contributed by atoms with Crippen LogP contribution in [0.1, 0.15) is 18.5 Å². The lowest BCUT2D eigenvalue weighted by molar-refractivity contribution is 0.354. The molecule has 0 bridgehead atoms. The summed E-state index contributed by atoms with van der Waals surface area (Å²) >= 11 is 0. The standard InChI is InChI=1S/C14H24N2O4S/c1-11(15-8-9-21(17,18)16(2)3)12-6-7-13(19-4)14(10-12)20-5/h6-7,10-11,15H,8-9H2,1-5H3. The molecule has 1 atom stereocenters. The van der Waals surface area contributed by atoms with Crippen LogP contribution in [-0.4, -0.2) is 53.3 Å². The quantitative estimate of drug-likeness (QED) is 0.782. The van der Waals surface area contributed by atoms with Crippen molar-refractivity contribution in [1.82, 2.24) is 9.62 Å². The average Bonchev–Trinajstić information content (AvgIpc) is 2.45. The Hall–Kier alpha value is -1.31. The minimum Gasteiger partial charge on any atom is -0.493 e. The second kappa shape index (κ2) is 7.63. The third-order valence-corrected chi connectivity index (χ3v) is 5.11. The summed E-state index contributed by atoms with van der Waals surface area (Å²) in [7, 11) is 3.07. The summed E-state index contributed by atoms with van der Waals surface area (Å²) in [5.41, 5.74) is 1.01. The summed E-state index contributed by atoms with van der Waals surface area (Å²) in [5.74, 6) is 1.39. The molecule has 0 aliphatic rings. The summed E-state index contributed by atoms with van der Waals surface area (Å²) < 4.78 is 35.1. The molecule has 0 saturated carbocycles. The maximum atomic E-state index is 11.7. The van der Waals surface area contributed by atoms with E-state index in [0.717, 1.165) is 5.56 Å². The molecule has 1 aromatic carbocycles. The molecular weight excluding hydrogens is 292 g/mol. The number of hydrogen-bond donors (Lipinski definition) is 1. The van der Waals surface area contributed by atoms with Gasteiger partial charge in [0, 0.05) is 26.7 Å². The summed E-state index contributed by atoms with van der Waals surface area (Å²) in [6.45, 7) is 2.36. The van der Waals surface area contributed by atoms with E-state index in [1.165, 1.54) is 18.4 Å². The predicted molar refractivity (Wildman–Crippen MR) is 83.4 cm³/mol. The van der Waals surface area contributed by atoms with Gasteiger partial charge in [-0.05, 0) is 24.6 Å².